The third-order valence-electron chi connectivity index (χ3n) is 3.96. The van der Waals surface area contributed by atoms with E-state index in [4.69, 9.17) is 4.74 Å². The summed E-state index contributed by atoms with van der Waals surface area (Å²) >= 11 is 0. The second-order valence-corrected chi connectivity index (χ2v) is 6.11. The van der Waals surface area contributed by atoms with Crippen molar-refractivity contribution >= 4 is 0 Å². The van der Waals surface area contributed by atoms with Crippen LogP contribution >= 0.6 is 0 Å². The molecule has 0 saturated heterocycles. The molecule has 1 N–H and O–H groups in total. The first-order chi connectivity index (χ1) is 9.51. The highest BCUT2D eigenvalue weighted by molar-refractivity contribution is 5.46. The zero-order valence-electron chi connectivity index (χ0n) is 14.0. The third kappa shape index (κ3) is 4.52. The first-order valence-corrected chi connectivity index (χ1v) is 7.88. The lowest BCUT2D eigenvalue weighted by molar-refractivity contribution is 0.383. The molecule has 2 heteroatoms. The highest BCUT2D eigenvalue weighted by atomic mass is 16.5. The van der Waals surface area contributed by atoms with Gasteiger partial charge >= 0.3 is 0 Å². The van der Waals surface area contributed by atoms with Crippen molar-refractivity contribution in [3.63, 3.8) is 0 Å². The van der Waals surface area contributed by atoms with Gasteiger partial charge in [-0.25, -0.2) is 0 Å². The van der Waals surface area contributed by atoms with Crippen LogP contribution in [0.5, 0.6) is 5.75 Å². The fraction of sp³-hybridized carbons (Fsp3) is 0.667. The molecule has 0 radical (unpaired) electrons. The molecule has 0 amide bonds. The average Bonchev–Trinajstić information content (AvgIpc) is 2.42. The Hall–Kier alpha value is -1.02. The standard InChI is InChI=1S/C18H31NO/c1-7-12-19-17(11-8-13(2)3)16-10-9-14(4)15(5)18(16)20-6/h9-10,13,17,19H,7-8,11-12H2,1-6H3. The van der Waals surface area contributed by atoms with Gasteiger partial charge in [0.15, 0.2) is 0 Å². The van der Waals surface area contributed by atoms with Gasteiger partial charge in [-0.05, 0) is 56.7 Å². The molecule has 20 heavy (non-hydrogen) atoms. The van der Waals surface area contributed by atoms with Crippen LogP contribution in [0, 0.1) is 19.8 Å². The monoisotopic (exact) mass is 277 g/mol. The Kier molecular flexibility index (Phi) is 7.08. The Labute approximate surface area is 124 Å². The number of nitrogens with one attached hydrogen (secondary N) is 1. The summed E-state index contributed by atoms with van der Waals surface area (Å²) < 4.78 is 5.68. The molecule has 0 spiro atoms. The molecule has 1 aromatic carbocycles. The van der Waals surface area contributed by atoms with Crippen LogP contribution in [0.3, 0.4) is 0 Å². The van der Waals surface area contributed by atoms with Crippen LogP contribution in [-0.4, -0.2) is 13.7 Å². The van der Waals surface area contributed by atoms with Crippen LogP contribution in [-0.2, 0) is 0 Å². The van der Waals surface area contributed by atoms with Crippen LogP contribution in [0.15, 0.2) is 12.1 Å². The number of rotatable bonds is 8. The van der Waals surface area contributed by atoms with Crippen molar-refractivity contribution < 1.29 is 4.74 Å². The van der Waals surface area contributed by atoms with Crippen LogP contribution < -0.4 is 10.1 Å². The van der Waals surface area contributed by atoms with E-state index in [0.29, 0.717) is 6.04 Å². The fourth-order valence-corrected chi connectivity index (χ4v) is 2.54. The lowest BCUT2D eigenvalue weighted by atomic mass is 9.94. The van der Waals surface area contributed by atoms with Crippen LogP contribution in [0.25, 0.3) is 0 Å². The lowest BCUT2D eigenvalue weighted by Gasteiger charge is -2.24. The smallest absolute Gasteiger partial charge is 0.126 e. The number of aryl methyl sites for hydroxylation is 1. The van der Waals surface area contributed by atoms with E-state index >= 15 is 0 Å². The molecular formula is C18H31NO. The van der Waals surface area contributed by atoms with Crippen molar-refractivity contribution in [1.29, 1.82) is 0 Å². The summed E-state index contributed by atoms with van der Waals surface area (Å²) in [4.78, 5) is 0. The highest BCUT2D eigenvalue weighted by Gasteiger charge is 2.18. The molecule has 1 unspecified atom stereocenters. The zero-order chi connectivity index (χ0) is 15.1. The third-order valence-corrected chi connectivity index (χ3v) is 3.96. The minimum atomic E-state index is 0.395. The summed E-state index contributed by atoms with van der Waals surface area (Å²) in [6.07, 6.45) is 3.55. The Morgan fingerprint density at radius 3 is 2.40 bits per heavy atom. The Morgan fingerprint density at radius 2 is 1.85 bits per heavy atom. The minimum absolute atomic E-state index is 0.395. The molecule has 0 fully saturated rings. The molecule has 0 bridgehead atoms. The molecule has 0 aliphatic heterocycles. The van der Waals surface area contributed by atoms with Gasteiger partial charge in [0.1, 0.15) is 5.75 Å². The molecular weight excluding hydrogens is 246 g/mol. The Balaban J connectivity index is 3.02. The molecule has 1 aromatic rings. The Bertz CT molecular complexity index is 412. The SMILES string of the molecule is CCCNC(CCC(C)C)c1ccc(C)c(C)c1OC. The topological polar surface area (TPSA) is 21.3 Å². The maximum Gasteiger partial charge on any atom is 0.126 e. The van der Waals surface area contributed by atoms with E-state index in [1.807, 2.05) is 0 Å². The molecule has 0 aromatic heterocycles. The largest absolute Gasteiger partial charge is 0.496 e. The van der Waals surface area contributed by atoms with Gasteiger partial charge in [-0.1, -0.05) is 32.9 Å². The molecule has 0 aliphatic carbocycles. The van der Waals surface area contributed by atoms with Crippen LogP contribution in [0.1, 0.15) is 62.8 Å². The predicted molar refractivity (Wildman–Crippen MR) is 87.6 cm³/mol. The molecule has 1 rings (SSSR count). The van der Waals surface area contributed by atoms with Crippen molar-refractivity contribution in [1.82, 2.24) is 5.32 Å². The lowest BCUT2D eigenvalue weighted by Crippen LogP contribution is -2.23. The fourth-order valence-electron chi connectivity index (χ4n) is 2.54. The van der Waals surface area contributed by atoms with E-state index < -0.39 is 0 Å². The van der Waals surface area contributed by atoms with Crippen molar-refractivity contribution in [2.75, 3.05) is 13.7 Å². The van der Waals surface area contributed by atoms with Gasteiger partial charge in [0.2, 0.25) is 0 Å². The molecule has 0 heterocycles. The molecule has 2 nitrogen and oxygen atoms in total. The summed E-state index contributed by atoms with van der Waals surface area (Å²) in [6.45, 7) is 12.1. The highest BCUT2D eigenvalue weighted by Crippen LogP contribution is 2.33. The molecule has 1 atom stereocenters. The van der Waals surface area contributed by atoms with Crippen molar-refractivity contribution in [2.24, 2.45) is 5.92 Å². The molecule has 0 aliphatic rings. The summed E-state index contributed by atoms with van der Waals surface area (Å²) in [5.41, 5.74) is 3.87. The summed E-state index contributed by atoms with van der Waals surface area (Å²) in [5.74, 6) is 1.79. The maximum atomic E-state index is 5.68. The van der Waals surface area contributed by atoms with Gasteiger partial charge in [-0.15, -0.1) is 0 Å². The average molecular weight is 277 g/mol. The molecule has 114 valence electrons. The van der Waals surface area contributed by atoms with Gasteiger partial charge in [-0.2, -0.15) is 0 Å². The Morgan fingerprint density at radius 1 is 1.15 bits per heavy atom. The van der Waals surface area contributed by atoms with Gasteiger partial charge in [0, 0.05) is 11.6 Å². The summed E-state index contributed by atoms with van der Waals surface area (Å²) in [6, 6.07) is 4.84. The minimum Gasteiger partial charge on any atom is -0.496 e. The first kappa shape index (κ1) is 17.0. The number of hydrogen-bond acceptors (Lipinski definition) is 2. The van der Waals surface area contributed by atoms with Gasteiger partial charge < -0.3 is 10.1 Å². The maximum absolute atomic E-state index is 5.68. The number of benzene rings is 1. The van der Waals surface area contributed by atoms with Gasteiger partial charge in [0.25, 0.3) is 0 Å². The number of hydrogen-bond donors (Lipinski definition) is 1. The van der Waals surface area contributed by atoms with E-state index in [2.05, 4.69) is 52.1 Å². The van der Waals surface area contributed by atoms with Gasteiger partial charge in [0.05, 0.1) is 7.11 Å². The first-order valence-electron chi connectivity index (χ1n) is 7.88. The summed E-state index contributed by atoms with van der Waals surface area (Å²) in [7, 11) is 1.78. The van der Waals surface area contributed by atoms with Crippen LogP contribution in [0.2, 0.25) is 0 Å². The van der Waals surface area contributed by atoms with E-state index in [9.17, 15) is 0 Å². The van der Waals surface area contributed by atoms with E-state index in [1.54, 1.807) is 7.11 Å². The predicted octanol–water partition coefficient (Wildman–Crippen LogP) is 4.79. The molecule has 0 saturated carbocycles. The zero-order valence-corrected chi connectivity index (χ0v) is 14.0. The van der Waals surface area contributed by atoms with Crippen molar-refractivity contribution in [3.8, 4) is 5.75 Å². The van der Waals surface area contributed by atoms with Crippen molar-refractivity contribution in [3.05, 3.63) is 28.8 Å². The second-order valence-electron chi connectivity index (χ2n) is 6.11. The van der Waals surface area contributed by atoms with Gasteiger partial charge in [-0.3, -0.25) is 0 Å². The number of ether oxygens (including phenoxy) is 1. The van der Waals surface area contributed by atoms with E-state index in [0.717, 1.165) is 31.1 Å². The van der Waals surface area contributed by atoms with E-state index in [-0.39, 0.29) is 0 Å². The second kappa shape index (κ2) is 8.31. The quantitative estimate of drug-likeness (QED) is 0.737. The van der Waals surface area contributed by atoms with Crippen molar-refractivity contribution in [2.45, 2.75) is 59.9 Å². The normalized spacial score (nSPS) is 12.8. The number of methoxy groups -OCH3 is 1. The summed E-state index contributed by atoms with van der Waals surface area (Å²) in [5, 5.41) is 3.68. The van der Waals surface area contributed by atoms with Crippen LogP contribution in [0.4, 0.5) is 0 Å². The van der Waals surface area contributed by atoms with E-state index in [1.165, 1.54) is 23.1 Å².